The molecule has 1 aliphatic rings. The lowest BCUT2D eigenvalue weighted by Gasteiger charge is -2.13. The van der Waals surface area contributed by atoms with Gasteiger partial charge in [-0.2, -0.15) is 0 Å². The molecule has 0 fully saturated rings. The van der Waals surface area contributed by atoms with E-state index in [4.69, 9.17) is 9.84 Å². The standard InChI is InChI=1S/C21H19N3O5/c1-2-29-13-4-6-16-15(10-13)20(27)14-5-3-12(9-17(14)23-16)22-18-11-19(26)24(7-8-25)21(18)28/h3-6,9-11,22,25H,2,7-8H2,1H3,(H,23,27). The zero-order valence-electron chi connectivity index (χ0n) is 15.7. The number of β-amino-alcohol motifs (C(OH)–C–C–N with tert-alkyl or cyclic N) is 1. The Kier molecular flexibility index (Phi) is 4.77. The Morgan fingerprint density at radius 2 is 1.90 bits per heavy atom. The number of carbonyl (C=O) groups is 2. The average molecular weight is 393 g/mol. The number of aliphatic hydroxyl groups excluding tert-OH is 1. The maximum Gasteiger partial charge on any atom is 0.277 e. The number of amides is 2. The van der Waals surface area contributed by atoms with Crippen molar-refractivity contribution in [3.63, 3.8) is 0 Å². The SMILES string of the molecule is CCOc1ccc2[nH]c3cc(NC4=CC(=O)N(CCO)C4=O)ccc3c(=O)c2c1. The van der Waals surface area contributed by atoms with Gasteiger partial charge in [0.05, 0.1) is 30.8 Å². The van der Waals surface area contributed by atoms with Crippen LogP contribution in [-0.4, -0.2) is 46.6 Å². The zero-order valence-corrected chi connectivity index (χ0v) is 15.7. The molecule has 8 nitrogen and oxygen atoms in total. The van der Waals surface area contributed by atoms with Crippen LogP contribution in [0, 0.1) is 0 Å². The molecule has 29 heavy (non-hydrogen) atoms. The summed E-state index contributed by atoms with van der Waals surface area (Å²) in [4.78, 5) is 41.2. The van der Waals surface area contributed by atoms with Gasteiger partial charge in [-0.15, -0.1) is 0 Å². The molecule has 4 rings (SSSR count). The molecule has 2 heterocycles. The van der Waals surface area contributed by atoms with Crippen molar-refractivity contribution >= 4 is 39.3 Å². The molecule has 2 amide bonds. The Morgan fingerprint density at radius 3 is 2.66 bits per heavy atom. The maximum absolute atomic E-state index is 12.9. The van der Waals surface area contributed by atoms with Gasteiger partial charge >= 0.3 is 0 Å². The molecule has 0 saturated heterocycles. The van der Waals surface area contributed by atoms with E-state index in [1.807, 2.05) is 6.92 Å². The van der Waals surface area contributed by atoms with E-state index in [0.29, 0.717) is 39.8 Å². The number of imide groups is 1. The van der Waals surface area contributed by atoms with Gasteiger partial charge in [0.1, 0.15) is 11.4 Å². The van der Waals surface area contributed by atoms with Crippen molar-refractivity contribution in [2.75, 3.05) is 25.1 Å². The molecular weight excluding hydrogens is 374 g/mol. The van der Waals surface area contributed by atoms with Crippen molar-refractivity contribution in [2.24, 2.45) is 0 Å². The second-order valence-electron chi connectivity index (χ2n) is 6.56. The number of pyridine rings is 1. The van der Waals surface area contributed by atoms with E-state index < -0.39 is 11.8 Å². The highest BCUT2D eigenvalue weighted by Gasteiger charge is 2.30. The summed E-state index contributed by atoms with van der Waals surface area (Å²) in [5.41, 5.74) is 1.82. The summed E-state index contributed by atoms with van der Waals surface area (Å²) in [5, 5.41) is 12.9. The van der Waals surface area contributed by atoms with Crippen LogP contribution in [0.1, 0.15) is 6.92 Å². The van der Waals surface area contributed by atoms with Crippen LogP contribution in [0.3, 0.4) is 0 Å². The molecule has 1 aromatic heterocycles. The van der Waals surface area contributed by atoms with Crippen LogP contribution in [0.15, 0.2) is 53.0 Å². The topological polar surface area (TPSA) is 112 Å². The van der Waals surface area contributed by atoms with Gasteiger partial charge in [0.15, 0.2) is 5.43 Å². The Labute approximate surface area is 165 Å². The molecule has 2 aromatic carbocycles. The van der Waals surface area contributed by atoms with E-state index in [-0.39, 0.29) is 24.3 Å². The van der Waals surface area contributed by atoms with Crippen LogP contribution >= 0.6 is 0 Å². The van der Waals surface area contributed by atoms with E-state index >= 15 is 0 Å². The largest absolute Gasteiger partial charge is 0.494 e. The number of ether oxygens (including phenoxy) is 1. The second-order valence-corrected chi connectivity index (χ2v) is 6.56. The van der Waals surface area contributed by atoms with E-state index in [2.05, 4.69) is 10.3 Å². The van der Waals surface area contributed by atoms with Crippen molar-refractivity contribution in [3.8, 4) is 5.75 Å². The minimum absolute atomic E-state index is 0.0554. The highest BCUT2D eigenvalue weighted by Crippen LogP contribution is 2.23. The van der Waals surface area contributed by atoms with Crippen molar-refractivity contribution in [1.29, 1.82) is 0 Å². The number of H-pyrrole nitrogens is 1. The predicted molar refractivity (Wildman–Crippen MR) is 109 cm³/mol. The third-order valence-corrected chi connectivity index (χ3v) is 4.69. The van der Waals surface area contributed by atoms with Crippen LogP contribution in [-0.2, 0) is 9.59 Å². The maximum atomic E-state index is 12.9. The molecule has 0 spiro atoms. The summed E-state index contributed by atoms with van der Waals surface area (Å²) in [6.07, 6.45) is 1.20. The number of aliphatic hydroxyl groups is 1. The summed E-state index contributed by atoms with van der Waals surface area (Å²) in [6, 6.07) is 10.3. The Morgan fingerprint density at radius 1 is 1.07 bits per heavy atom. The smallest absolute Gasteiger partial charge is 0.277 e. The number of hydrogen-bond acceptors (Lipinski definition) is 6. The molecular formula is C21H19N3O5. The van der Waals surface area contributed by atoms with Crippen LogP contribution in [0.5, 0.6) is 5.75 Å². The Hall–Kier alpha value is -3.65. The number of carbonyl (C=O) groups excluding carboxylic acids is 2. The van der Waals surface area contributed by atoms with Gasteiger partial charge in [-0.1, -0.05) is 0 Å². The van der Waals surface area contributed by atoms with Gasteiger partial charge in [0.2, 0.25) is 0 Å². The zero-order chi connectivity index (χ0) is 20.5. The molecule has 0 unspecified atom stereocenters. The van der Waals surface area contributed by atoms with E-state index in [1.165, 1.54) is 6.08 Å². The number of nitrogens with zero attached hydrogens (tertiary/aromatic N) is 1. The molecule has 0 saturated carbocycles. The van der Waals surface area contributed by atoms with Crippen LogP contribution in [0.4, 0.5) is 5.69 Å². The van der Waals surface area contributed by atoms with Gasteiger partial charge in [-0.25, -0.2) is 0 Å². The van der Waals surface area contributed by atoms with Crippen molar-refractivity contribution in [1.82, 2.24) is 9.88 Å². The summed E-state index contributed by atoms with van der Waals surface area (Å²) in [6.45, 7) is 2.04. The lowest BCUT2D eigenvalue weighted by molar-refractivity contribution is -0.137. The minimum Gasteiger partial charge on any atom is -0.494 e. The Balaban J connectivity index is 1.70. The quantitative estimate of drug-likeness (QED) is 0.434. The summed E-state index contributed by atoms with van der Waals surface area (Å²) < 4.78 is 5.47. The molecule has 0 aliphatic carbocycles. The first-order valence-electron chi connectivity index (χ1n) is 9.20. The third-order valence-electron chi connectivity index (χ3n) is 4.69. The molecule has 3 aromatic rings. The number of aromatic amines is 1. The van der Waals surface area contributed by atoms with E-state index in [1.54, 1.807) is 36.4 Å². The molecule has 0 radical (unpaired) electrons. The van der Waals surface area contributed by atoms with Crippen LogP contribution in [0.25, 0.3) is 21.8 Å². The normalized spacial score (nSPS) is 14.0. The number of nitrogens with one attached hydrogen (secondary N) is 2. The number of benzene rings is 2. The van der Waals surface area contributed by atoms with Crippen molar-refractivity contribution in [3.05, 3.63) is 58.4 Å². The van der Waals surface area contributed by atoms with Gasteiger partial charge in [-0.3, -0.25) is 19.3 Å². The number of anilines is 1. The highest BCUT2D eigenvalue weighted by atomic mass is 16.5. The van der Waals surface area contributed by atoms with Crippen molar-refractivity contribution in [2.45, 2.75) is 6.92 Å². The van der Waals surface area contributed by atoms with Crippen molar-refractivity contribution < 1.29 is 19.4 Å². The number of rotatable bonds is 6. The van der Waals surface area contributed by atoms with E-state index in [0.717, 1.165) is 4.90 Å². The number of aromatic nitrogens is 1. The summed E-state index contributed by atoms with van der Waals surface area (Å²) >= 11 is 0. The number of hydrogen-bond donors (Lipinski definition) is 3. The molecule has 1 aliphatic heterocycles. The first kappa shape index (κ1) is 18.7. The predicted octanol–water partition coefficient (Wildman–Crippen LogP) is 1.74. The first-order valence-corrected chi connectivity index (χ1v) is 9.20. The lowest BCUT2D eigenvalue weighted by atomic mass is 10.1. The van der Waals surface area contributed by atoms with Gasteiger partial charge in [-0.05, 0) is 43.3 Å². The molecule has 3 N–H and O–H groups in total. The summed E-state index contributed by atoms with van der Waals surface area (Å²) in [7, 11) is 0. The van der Waals surface area contributed by atoms with Crippen LogP contribution in [0.2, 0.25) is 0 Å². The average Bonchev–Trinajstić information content (AvgIpc) is 2.96. The van der Waals surface area contributed by atoms with Crippen LogP contribution < -0.4 is 15.5 Å². The number of fused-ring (bicyclic) bond motifs is 2. The molecule has 8 heteroatoms. The first-order chi connectivity index (χ1) is 14.0. The fourth-order valence-corrected chi connectivity index (χ4v) is 3.36. The minimum atomic E-state index is -0.500. The molecule has 0 bridgehead atoms. The third kappa shape index (κ3) is 3.34. The van der Waals surface area contributed by atoms with Gasteiger partial charge in [0.25, 0.3) is 11.8 Å². The summed E-state index contributed by atoms with van der Waals surface area (Å²) in [5.74, 6) is -0.344. The Bertz CT molecular complexity index is 1230. The van der Waals surface area contributed by atoms with Gasteiger partial charge < -0.3 is 20.1 Å². The van der Waals surface area contributed by atoms with E-state index in [9.17, 15) is 14.4 Å². The fraction of sp³-hybridized carbons (Fsp3) is 0.190. The molecule has 0 atom stereocenters. The van der Waals surface area contributed by atoms with Gasteiger partial charge in [0, 0.05) is 22.5 Å². The monoisotopic (exact) mass is 393 g/mol. The second kappa shape index (κ2) is 7.40. The highest BCUT2D eigenvalue weighted by molar-refractivity contribution is 6.17. The lowest BCUT2D eigenvalue weighted by Crippen LogP contribution is -2.34. The molecule has 148 valence electrons. The fourth-order valence-electron chi connectivity index (χ4n) is 3.36.